The van der Waals surface area contributed by atoms with E-state index in [0.29, 0.717) is 18.0 Å². The van der Waals surface area contributed by atoms with Crippen molar-refractivity contribution >= 4 is 11.6 Å². The summed E-state index contributed by atoms with van der Waals surface area (Å²) in [5, 5.41) is 2.86. The highest BCUT2D eigenvalue weighted by Crippen LogP contribution is 2.20. The van der Waals surface area contributed by atoms with Crippen LogP contribution in [0.4, 0.5) is 5.69 Å². The Labute approximate surface area is 159 Å². The Morgan fingerprint density at radius 3 is 2.30 bits per heavy atom. The van der Waals surface area contributed by atoms with Crippen LogP contribution in [0.2, 0.25) is 0 Å². The largest absolute Gasteiger partial charge is 0.489 e. The van der Waals surface area contributed by atoms with Gasteiger partial charge in [0, 0.05) is 5.69 Å². The average Bonchev–Trinajstić information content (AvgIpc) is 2.70. The molecule has 0 saturated heterocycles. The number of amides is 1. The van der Waals surface area contributed by atoms with Crippen molar-refractivity contribution in [3.05, 3.63) is 90.0 Å². The van der Waals surface area contributed by atoms with Gasteiger partial charge in [-0.25, -0.2) is 0 Å². The molecule has 0 unspecified atom stereocenters. The number of carbonyl (C=O) groups excluding carboxylic acids is 1. The Morgan fingerprint density at radius 2 is 1.59 bits per heavy atom. The van der Waals surface area contributed by atoms with Crippen molar-refractivity contribution < 1.29 is 14.3 Å². The first-order valence-electron chi connectivity index (χ1n) is 8.92. The summed E-state index contributed by atoms with van der Waals surface area (Å²) in [5.41, 5.74) is 2.81. The van der Waals surface area contributed by atoms with Crippen molar-refractivity contribution in [2.45, 2.75) is 26.6 Å². The Hall–Kier alpha value is -3.27. The standard InChI is InChI=1S/C23H23NO3/c1-17-8-6-7-11-22(17)27-18(2)23(25)24-20-12-14-21(15-13-20)26-16-19-9-4-3-5-10-19/h3-15,18H,16H2,1-2H3,(H,24,25)/t18-/m1/s1. The van der Waals surface area contributed by atoms with E-state index in [1.165, 1.54) is 0 Å². The fourth-order valence-corrected chi connectivity index (χ4v) is 2.55. The number of para-hydroxylation sites is 1. The zero-order chi connectivity index (χ0) is 19.1. The Balaban J connectivity index is 1.52. The van der Waals surface area contributed by atoms with Gasteiger partial charge in [0.25, 0.3) is 5.91 Å². The van der Waals surface area contributed by atoms with E-state index >= 15 is 0 Å². The summed E-state index contributed by atoms with van der Waals surface area (Å²) < 4.78 is 11.5. The summed E-state index contributed by atoms with van der Waals surface area (Å²) in [6.45, 7) is 4.20. The highest BCUT2D eigenvalue weighted by Gasteiger charge is 2.15. The molecule has 3 aromatic rings. The molecule has 27 heavy (non-hydrogen) atoms. The molecule has 3 aromatic carbocycles. The van der Waals surface area contributed by atoms with Crippen molar-refractivity contribution in [1.82, 2.24) is 0 Å². The molecule has 0 aliphatic carbocycles. The summed E-state index contributed by atoms with van der Waals surface area (Å²) in [5.74, 6) is 1.27. The minimum Gasteiger partial charge on any atom is -0.489 e. The molecule has 138 valence electrons. The van der Waals surface area contributed by atoms with Crippen LogP contribution in [-0.2, 0) is 11.4 Å². The number of nitrogens with one attached hydrogen (secondary N) is 1. The molecule has 0 aliphatic rings. The van der Waals surface area contributed by atoms with Gasteiger partial charge in [-0.3, -0.25) is 4.79 Å². The van der Waals surface area contributed by atoms with Gasteiger partial charge in [-0.15, -0.1) is 0 Å². The predicted molar refractivity (Wildman–Crippen MR) is 107 cm³/mol. The lowest BCUT2D eigenvalue weighted by Gasteiger charge is -2.16. The van der Waals surface area contributed by atoms with Gasteiger partial charge >= 0.3 is 0 Å². The molecule has 4 nitrogen and oxygen atoms in total. The van der Waals surface area contributed by atoms with Gasteiger partial charge in [0.2, 0.25) is 0 Å². The van der Waals surface area contributed by atoms with E-state index < -0.39 is 6.10 Å². The molecule has 0 spiro atoms. The summed E-state index contributed by atoms with van der Waals surface area (Å²) in [4.78, 5) is 12.4. The zero-order valence-electron chi connectivity index (χ0n) is 15.5. The van der Waals surface area contributed by atoms with Gasteiger partial charge in [0.05, 0.1) is 0 Å². The molecule has 0 saturated carbocycles. The molecule has 1 atom stereocenters. The average molecular weight is 361 g/mol. The third-order valence-corrected chi connectivity index (χ3v) is 4.14. The van der Waals surface area contributed by atoms with Gasteiger partial charge in [-0.05, 0) is 55.3 Å². The topological polar surface area (TPSA) is 47.6 Å². The lowest BCUT2D eigenvalue weighted by Crippen LogP contribution is -2.30. The molecule has 0 aliphatic heterocycles. The lowest BCUT2D eigenvalue weighted by molar-refractivity contribution is -0.122. The number of carbonyl (C=O) groups is 1. The molecular formula is C23H23NO3. The molecule has 1 amide bonds. The minimum absolute atomic E-state index is 0.198. The van der Waals surface area contributed by atoms with Gasteiger partial charge in [-0.2, -0.15) is 0 Å². The van der Waals surface area contributed by atoms with Crippen LogP contribution in [0.25, 0.3) is 0 Å². The maximum atomic E-state index is 12.4. The van der Waals surface area contributed by atoms with Gasteiger partial charge in [0.1, 0.15) is 18.1 Å². The van der Waals surface area contributed by atoms with Crippen molar-refractivity contribution in [3.63, 3.8) is 0 Å². The second-order valence-electron chi connectivity index (χ2n) is 6.31. The number of hydrogen-bond acceptors (Lipinski definition) is 3. The van der Waals surface area contributed by atoms with Crippen LogP contribution >= 0.6 is 0 Å². The fraction of sp³-hybridized carbons (Fsp3) is 0.174. The van der Waals surface area contributed by atoms with E-state index in [1.807, 2.05) is 85.8 Å². The van der Waals surface area contributed by atoms with Crippen LogP contribution in [0.15, 0.2) is 78.9 Å². The first-order chi connectivity index (χ1) is 13.1. The molecule has 0 heterocycles. The van der Waals surface area contributed by atoms with Crippen LogP contribution in [0, 0.1) is 6.92 Å². The van der Waals surface area contributed by atoms with Crippen molar-refractivity contribution in [1.29, 1.82) is 0 Å². The number of anilines is 1. The van der Waals surface area contributed by atoms with Crippen LogP contribution in [0.1, 0.15) is 18.1 Å². The first kappa shape index (κ1) is 18.5. The van der Waals surface area contributed by atoms with E-state index in [0.717, 1.165) is 16.9 Å². The monoisotopic (exact) mass is 361 g/mol. The number of hydrogen-bond donors (Lipinski definition) is 1. The van der Waals surface area contributed by atoms with Crippen molar-refractivity contribution in [3.8, 4) is 11.5 Å². The molecule has 4 heteroatoms. The van der Waals surface area contributed by atoms with Crippen molar-refractivity contribution in [2.24, 2.45) is 0 Å². The van der Waals surface area contributed by atoms with Gasteiger partial charge in [-0.1, -0.05) is 48.5 Å². The highest BCUT2D eigenvalue weighted by molar-refractivity contribution is 5.94. The van der Waals surface area contributed by atoms with Crippen LogP contribution in [0.5, 0.6) is 11.5 Å². The third kappa shape index (κ3) is 5.35. The number of benzene rings is 3. The summed E-state index contributed by atoms with van der Waals surface area (Å²) in [6.07, 6.45) is -0.597. The van der Waals surface area contributed by atoms with Crippen molar-refractivity contribution in [2.75, 3.05) is 5.32 Å². The Bertz CT molecular complexity index is 876. The Morgan fingerprint density at radius 1 is 0.926 bits per heavy atom. The second kappa shape index (κ2) is 8.90. The van der Waals surface area contributed by atoms with Crippen LogP contribution < -0.4 is 14.8 Å². The lowest BCUT2D eigenvalue weighted by atomic mass is 10.2. The maximum absolute atomic E-state index is 12.4. The van der Waals surface area contributed by atoms with Gasteiger partial charge in [0.15, 0.2) is 6.10 Å². The molecule has 1 N–H and O–H groups in total. The summed E-state index contributed by atoms with van der Waals surface area (Å²) in [6, 6.07) is 24.9. The molecule has 0 radical (unpaired) electrons. The summed E-state index contributed by atoms with van der Waals surface area (Å²) >= 11 is 0. The normalized spacial score (nSPS) is 11.5. The maximum Gasteiger partial charge on any atom is 0.265 e. The SMILES string of the molecule is Cc1ccccc1O[C@H](C)C(=O)Nc1ccc(OCc2ccccc2)cc1. The first-order valence-corrected chi connectivity index (χ1v) is 8.92. The predicted octanol–water partition coefficient (Wildman–Crippen LogP) is 4.98. The fourth-order valence-electron chi connectivity index (χ4n) is 2.55. The number of aryl methyl sites for hydroxylation is 1. The van der Waals surface area contributed by atoms with E-state index in [-0.39, 0.29) is 5.91 Å². The molecule has 0 aromatic heterocycles. The zero-order valence-corrected chi connectivity index (χ0v) is 15.5. The van der Waals surface area contributed by atoms with E-state index in [9.17, 15) is 4.79 Å². The quantitative estimate of drug-likeness (QED) is 0.646. The van der Waals surface area contributed by atoms with E-state index in [4.69, 9.17) is 9.47 Å². The third-order valence-electron chi connectivity index (χ3n) is 4.14. The molecular weight excluding hydrogens is 338 g/mol. The molecule has 0 bridgehead atoms. The Kier molecular flexibility index (Phi) is 6.10. The van der Waals surface area contributed by atoms with Crippen LogP contribution in [-0.4, -0.2) is 12.0 Å². The number of ether oxygens (including phenoxy) is 2. The van der Waals surface area contributed by atoms with E-state index in [1.54, 1.807) is 6.92 Å². The number of rotatable bonds is 7. The summed E-state index contributed by atoms with van der Waals surface area (Å²) in [7, 11) is 0. The second-order valence-corrected chi connectivity index (χ2v) is 6.31. The van der Waals surface area contributed by atoms with Gasteiger partial charge < -0.3 is 14.8 Å². The smallest absolute Gasteiger partial charge is 0.265 e. The minimum atomic E-state index is -0.597. The van der Waals surface area contributed by atoms with E-state index in [2.05, 4.69) is 5.32 Å². The molecule has 0 fully saturated rings. The van der Waals surface area contributed by atoms with Crippen LogP contribution in [0.3, 0.4) is 0 Å². The molecule has 3 rings (SSSR count). The highest BCUT2D eigenvalue weighted by atomic mass is 16.5.